The van der Waals surface area contributed by atoms with E-state index >= 15 is 0 Å². The molecule has 2 rings (SSSR count). The molecule has 0 radical (unpaired) electrons. The molecule has 0 aliphatic carbocycles. The Balaban J connectivity index is 1.97. The van der Waals surface area contributed by atoms with Crippen LogP contribution in [0.5, 0.6) is 0 Å². The topological polar surface area (TPSA) is 46.9 Å². The molecule has 0 fully saturated rings. The second-order valence-corrected chi connectivity index (χ2v) is 7.97. The molecule has 0 aliphatic heterocycles. The molecule has 2 heterocycles. The van der Waals surface area contributed by atoms with Crippen molar-refractivity contribution in [3.05, 3.63) is 33.8 Å². The third-order valence-electron chi connectivity index (χ3n) is 3.83. The number of aryl methyl sites for hydroxylation is 1. The standard InChI is InChI=1S/C17H25N3OS2/c1-5-6-9-20-13(3)12(2)19-17(20)23-14(4)16(21)18-11-15-8-7-10-22-15/h7-8,10,14H,5-6,9,11H2,1-4H3,(H,18,21)/t14-/m0/s1. The molecule has 126 valence electrons. The van der Waals surface area contributed by atoms with Crippen LogP contribution in [0.25, 0.3) is 0 Å². The summed E-state index contributed by atoms with van der Waals surface area (Å²) in [6.07, 6.45) is 2.28. The number of nitrogens with zero attached hydrogens (tertiary/aromatic N) is 2. The predicted octanol–water partition coefficient (Wildman–Crippen LogP) is 4.16. The highest BCUT2D eigenvalue weighted by Gasteiger charge is 2.19. The Kier molecular flexibility index (Phi) is 6.72. The summed E-state index contributed by atoms with van der Waals surface area (Å²) in [7, 11) is 0. The minimum atomic E-state index is -0.156. The van der Waals surface area contributed by atoms with Gasteiger partial charge >= 0.3 is 0 Å². The maximum atomic E-state index is 12.3. The summed E-state index contributed by atoms with van der Waals surface area (Å²) in [5, 5.41) is 5.82. The van der Waals surface area contributed by atoms with E-state index in [4.69, 9.17) is 0 Å². The van der Waals surface area contributed by atoms with E-state index in [2.05, 4.69) is 28.7 Å². The van der Waals surface area contributed by atoms with Crippen LogP contribution in [0.3, 0.4) is 0 Å². The molecule has 2 aromatic rings. The van der Waals surface area contributed by atoms with Gasteiger partial charge in [-0.25, -0.2) is 4.98 Å². The highest BCUT2D eigenvalue weighted by molar-refractivity contribution is 8.00. The fourth-order valence-corrected chi connectivity index (χ4v) is 3.93. The van der Waals surface area contributed by atoms with Crippen LogP contribution in [0.15, 0.2) is 22.7 Å². The second kappa shape index (κ2) is 8.55. The molecule has 23 heavy (non-hydrogen) atoms. The number of carbonyl (C=O) groups is 1. The van der Waals surface area contributed by atoms with Crippen LogP contribution in [-0.4, -0.2) is 20.7 Å². The summed E-state index contributed by atoms with van der Waals surface area (Å²) in [5.41, 5.74) is 2.25. The SMILES string of the molecule is CCCCn1c(S[C@@H](C)C(=O)NCc2cccs2)nc(C)c1C. The Labute approximate surface area is 146 Å². The van der Waals surface area contributed by atoms with Crippen molar-refractivity contribution in [1.82, 2.24) is 14.9 Å². The van der Waals surface area contributed by atoms with Crippen molar-refractivity contribution in [2.24, 2.45) is 0 Å². The zero-order chi connectivity index (χ0) is 16.8. The first kappa shape index (κ1) is 18.1. The number of nitrogens with one attached hydrogen (secondary N) is 1. The zero-order valence-corrected chi connectivity index (χ0v) is 15.9. The highest BCUT2D eigenvalue weighted by Crippen LogP contribution is 2.26. The monoisotopic (exact) mass is 351 g/mol. The van der Waals surface area contributed by atoms with Gasteiger partial charge in [-0.15, -0.1) is 11.3 Å². The van der Waals surface area contributed by atoms with Gasteiger partial charge in [-0.1, -0.05) is 31.2 Å². The summed E-state index contributed by atoms with van der Waals surface area (Å²) < 4.78 is 2.24. The van der Waals surface area contributed by atoms with Gasteiger partial charge in [-0.3, -0.25) is 4.79 Å². The number of carbonyl (C=O) groups excluding carboxylic acids is 1. The fourth-order valence-electron chi connectivity index (χ4n) is 2.24. The van der Waals surface area contributed by atoms with Crippen molar-refractivity contribution in [2.45, 2.75) is 64.0 Å². The van der Waals surface area contributed by atoms with Gasteiger partial charge in [0.2, 0.25) is 5.91 Å². The third kappa shape index (κ3) is 4.85. The molecule has 6 heteroatoms. The Morgan fingerprint density at radius 2 is 2.26 bits per heavy atom. The van der Waals surface area contributed by atoms with Crippen LogP contribution in [0.1, 0.15) is 43.0 Å². The molecule has 1 atom stereocenters. The van der Waals surface area contributed by atoms with Crippen LogP contribution in [-0.2, 0) is 17.9 Å². The van der Waals surface area contributed by atoms with Gasteiger partial charge in [0.1, 0.15) is 0 Å². The molecule has 0 aromatic carbocycles. The Morgan fingerprint density at radius 1 is 1.48 bits per heavy atom. The van der Waals surface area contributed by atoms with Gasteiger partial charge in [-0.05, 0) is 38.6 Å². The van der Waals surface area contributed by atoms with Gasteiger partial charge < -0.3 is 9.88 Å². The first-order chi connectivity index (χ1) is 11.0. The zero-order valence-electron chi connectivity index (χ0n) is 14.3. The fraction of sp³-hybridized carbons (Fsp3) is 0.529. The lowest BCUT2D eigenvalue weighted by Gasteiger charge is -2.13. The largest absolute Gasteiger partial charge is 0.350 e. The molecular weight excluding hydrogens is 326 g/mol. The lowest BCUT2D eigenvalue weighted by Crippen LogP contribution is -2.30. The number of hydrogen-bond acceptors (Lipinski definition) is 4. The van der Waals surface area contributed by atoms with E-state index < -0.39 is 0 Å². The molecule has 0 spiro atoms. The van der Waals surface area contributed by atoms with Crippen LogP contribution < -0.4 is 5.32 Å². The summed E-state index contributed by atoms with van der Waals surface area (Å²) in [5.74, 6) is 0.0590. The van der Waals surface area contributed by atoms with Crippen LogP contribution in [0, 0.1) is 13.8 Å². The van der Waals surface area contributed by atoms with Crippen molar-refractivity contribution in [3.63, 3.8) is 0 Å². The first-order valence-corrected chi connectivity index (χ1v) is 9.79. The smallest absolute Gasteiger partial charge is 0.233 e. The number of unbranched alkanes of at least 4 members (excludes halogenated alkanes) is 1. The maximum Gasteiger partial charge on any atom is 0.233 e. The molecule has 4 nitrogen and oxygen atoms in total. The van der Waals surface area contributed by atoms with E-state index in [0.717, 1.165) is 30.2 Å². The summed E-state index contributed by atoms with van der Waals surface area (Å²) in [4.78, 5) is 18.1. The third-order valence-corrected chi connectivity index (χ3v) is 5.79. The van der Waals surface area contributed by atoms with Gasteiger partial charge in [0.25, 0.3) is 0 Å². The molecule has 1 N–H and O–H groups in total. The summed E-state index contributed by atoms with van der Waals surface area (Å²) in [6.45, 7) is 9.83. The molecule has 0 unspecified atom stereocenters. The van der Waals surface area contributed by atoms with Gasteiger partial charge in [-0.2, -0.15) is 0 Å². The number of thiophene rings is 1. The highest BCUT2D eigenvalue weighted by atomic mass is 32.2. The van der Waals surface area contributed by atoms with E-state index in [9.17, 15) is 4.79 Å². The number of amides is 1. The number of hydrogen-bond donors (Lipinski definition) is 1. The molecule has 0 saturated carbocycles. The predicted molar refractivity (Wildman–Crippen MR) is 98.1 cm³/mol. The number of rotatable bonds is 8. The lowest BCUT2D eigenvalue weighted by molar-refractivity contribution is -0.120. The average molecular weight is 352 g/mol. The molecule has 0 saturated heterocycles. The van der Waals surface area contributed by atoms with Crippen LogP contribution in [0.4, 0.5) is 0 Å². The van der Waals surface area contributed by atoms with E-state index in [1.165, 1.54) is 10.6 Å². The minimum absolute atomic E-state index is 0.0590. The van der Waals surface area contributed by atoms with Crippen molar-refractivity contribution in [3.8, 4) is 0 Å². The molecule has 1 amide bonds. The van der Waals surface area contributed by atoms with Gasteiger partial charge in [0.05, 0.1) is 17.5 Å². The Bertz CT molecular complexity index is 635. The van der Waals surface area contributed by atoms with Crippen molar-refractivity contribution in [2.75, 3.05) is 0 Å². The van der Waals surface area contributed by atoms with Crippen molar-refractivity contribution < 1.29 is 4.79 Å². The summed E-state index contributed by atoms with van der Waals surface area (Å²) in [6, 6.07) is 4.04. The number of thioether (sulfide) groups is 1. The molecular formula is C17H25N3OS2. The number of imidazole rings is 1. The minimum Gasteiger partial charge on any atom is -0.350 e. The maximum absolute atomic E-state index is 12.3. The van der Waals surface area contributed by atoms with Crippen LogP contribution in [0.2, 0.25) is 0 Å². The van der Waals surface area contributed by atoms with Crippen LogP contribution >= 0.6 is 23.1 Å². The molecule has 2 aromatic heterocycles. The molecule has 0 aliphatic rings. The summed E-state index contributed by atoms with van der Waals surface area (Å²) >= 11 is 3.20. The van der Waals surface area contributed by atoms with Crippen molar-refractivity contribution >= 4 is 29.0 Å². The van der Waals surface area contributed by atoms with E-state index in [1.54, 1.807) is 23.1 Å². The van der Waals surface area contributed by atoms with E-state index in [-0.39, 0.29) is 11.2 Å². The van der Waals surface area contributed by atoms with Gasteiger partial charge in [0, 0.05) is 17.1 Å². The number of aromatic nitrogens is 2. The van der Waals surface area contributed by atoms with E-state index in [0.29, 0.717) is 6.54 Å². The van der Waals surface area contributed by atoms with E-state index in [1.807, 2.05) is 31.4 Å². The average Bonchev–Trinajstić information content (AvgIpc) is 3.13. The normalized spacial score (nSPS) is 12.3. The molecule has 0 bridgehead atoms. The lowest BCUT2D eigenvalue weighted by atomic mass is 10.3. The second-order valence-electron chi connectivity index (χ2n) is 5.63. The van der Waals surface area contributed by atoms with Gasteiger partial charge in [0.15, 0.2) is 5.16 Å². The van der Waals surface area contributed by atoms with Crippen molar-refractivity contribution in [1.29, 1.82) is 0 Å². The Hall–Kier alpha value is -1.27. The quantitative estimate of drug-likeness (QED) is 0.727. The first-order valence-electron chi connectivity index (χ1n) is 8.03. The Morgan fingerprint density at radius 3 is 2.91 bits per heavy atom.